The highest BCUT2D eigenvalue weighted by atomic mass is 35.5. The number of aryl methyl sites for hydroxylation is 3. The molecule has 0 spiro atoms. The highest BCUT2D eigenvalue weighted by molar-refractivity contribution is 6.31. The third-order valence-corrected chi connectivity index (χ3v) is 3.67. The summed E-state index contributed by atoms with van der Waals surface area (Å²) in [6, 6.07) is 5.15. The second kappa shape index (κ2) is 7.28. The number of rotatable bonds is 5. The largest absolute Gasteiger partial charge is 0.452 e. The summed E-state index contributed by atoms with van der Waals surface area (Å²) in [6.07, 6.45) is 0.538. The number of ether oxygens (including phenoxy) is 1. The number of carbonyl (C=O) groups excluding carboxylic acids is 2. The Morgan fingerprint density at radius 1 is 1.35 bits per heavy atom. The Kier molecular flexibility index (Phi) is 5.39. The van der Waals surface area contributed by atoms with Crippen molar-refractivity contribution in [1.29, 1.82) is 0 Å². The molecule has 1 heterocycles. The molecular weight excluding hydrogens is 320 g/mol. The normalized spacial score (nSPS) is 10.4. The van der Waals surface area contributed by atoms with Gasteiger partial charge in [-0.1, -0.05) is 29.7 Å². The number of anilines is 1. The summed E-state index contributed by atoms with van der Waals surface area (Å²) in [5.74, 6) is -0.708. The summed E-state index contributed by atoms with van der Waals surface area (Å²) in [5.41, 5.74) is 2.24. The van der Waals surface area contributed by atoms with Crippen molar-refractivity contribution in [3.63, 3.8) is 0 Å². The first-order valence-corrected chi connectivity index (χ1v) is 7.48. The fraction of sp³-hybridized carbons (Fsp3) is 0.312. The van der Waals surface area contributed by atoms with Crippen molar-refractivity contribution in [1.82, 2.24) is 5.16 Å². The van der Waals surface area contributed by atoms with E-state index in [1.165, 1.54) is 0 Å². The average molecular weight is 337 g/mol. The van der Waals surface area contributed by atoms with E-state index in [9.17, 15) is 9.59 Å². The summed E-state index contributed by atoms with van der Waals surface area (Å²) in [4.78, 5) is 23.9. The van der Waals surface area contributed by atoms with Crippen molar-refractivity contribution in [3.05, 3.63) is 45.8 Å². The standard InChI is InChI=1S/C16H17ClN2O4/c1-4-13-15(10(3)23-19-13)16(21)22-8-14(20)18-11-6-5-9(2)12(17)7-11/h5-7H,4,8H2,1-3H3,(H,18,20). The van der Waals surface area contributed by atoms with Crippen LogP contribution >= 0.6 is 11.6 Å². The lowest BCUT2D eigenvalue weighted by Gasteiger charge is -2.08. The molecule has 0 unspecified atom stereocenters. The Morgan fingerprint density at radius 3 is 2.74 bits per heavy atom. The molecule has 1 aromatic heterocycles. The van der Waals surface area contributed by atoms with Gasteiger partial charge in [0.1, 0.15) is 11.3 Å². The Balaban J connectivity index is 1.94. The van der Waals surface area contributed by atoms with Gasteiger partial charge in [0.2, 0.25) is 0 Å². The molecular formula is C16H17ClN2O4. The fourth-order valence-corrected chi connectivity index (χ4v) is 2.17. The van der Waals surface area contributed by atoms with Crippen LogP contribution < -0.4 is 5.32 Å². The second-order valence-corrected chi connectivity index (χ2v) is 5.41. The minimum Gasteiger partial charge on any atom is -0.452 e. The number of halogens is 1. The molecule has 2 aromatic rings. The summed E-state index contributed by atoms with van der Waals surface area (Å²) in [6.45, 7) is 4.93. The van der Waals surface area contributed by atoms with Crippen LogP contribution in [-0.4, -0.2) is 23.6 Å². The SMILES string of the molecule is CCc1noc(C)c1C(=O)OCC(=O)Nc1ccc(C)c(Cl)c1. The van der Waals surface area contributed by atoms with E-state index in [4.69, 9.17) is 20.9 Å². The molecule has 0 saturated carbocycles. The van der Waals surface area contributed by atoms with Gasteiger partial charge in [-0.25, -0.2) is 4.79 Å². The first-order valence-electron chi connectivity index (χ1n) is 7.10. The fourth-order valence-electron chi connectivity index (χ4n) is 1.99. The van der Waals surface area contributed by atoms with E-state index in [2.05, 4.69) is 10.5 Å². The Hall–Kier alpha value is -2.34. The maximum atomic E-state index is 12.0. The molecule has 0 aliphatic heterocycles. The molecule has 122 valence electrons. The minimum absolute atomic E-state index is 0.277. The van der Waals surface area contributed by atoms with Gasteiger partial charge in [-0.2, -0.15) is 0 Å². The monoisotopic (exact) mass is 336 g/mol. The van der Waals surface area contributed by atoms with Crippen LogP contribution in [0.5, 0.6) is 0 Å². The predicted octanol–water partition coefficient (Wildman–Crippen LogP) is 3.30. The number of esters is 1. The molecule has 6 nitrogen and oxygen atoms in total. The summed E-state index contributed by atoms with van der Waals surface area (Å²) in [7, 11) is 0. The van der Waals surface area contributed by atoms with Gasteiger partial charge in [-0.05, 0) is 38.0 Å². The lowest BCUT2D eigenvalue weighted by atomic mass is 10.1. The third kappa shape index (κ3) is 4.10. The highest BCUT2D eigenvalue weighted by Gasteiger charge is 2.21. The van der Waals surface area contributed by atoms with E-state index < -0.39 is 18.5 Å². The van der Waals surface area contributed by atoms with E-state index in [1.54, 1.807) is 25.1 Å². The molecule has 1 amide bonds. The van der Waals surface area contributed by atoms with E-state index >= 15 is 0 Å². The number of amides is 1. The predicted molar refractivity (Wildman–Crippen MR) is 85.7 cm³/mol. The van der Waals surface area contributed by atoms with E-state index in [0.717, 1.165) is 5.56 Å². The zero-order valence-corrected chi connectivity index (χ0v) is 13.9. The third-order valence-electron chi connectivity index (χ3n) is 3.26. The number of nitrogens with zero attached hydrogens (tertiary/aromatic N) is 1. The van der Waals surface area contributed by atoms with E-state index in [0.29, 0.717) is 28.6 Å². The minimum atomic E-state index is -0.627. The van der Waals surface area contributed by atoms with Crippen LogP contribution in [0.25, 0.3) is 0 Å². The maximum Gasteiger partial charge on any atom is 0.344 e. The quantitative estimate of drug-likeness (QED) is 0.847. The molecule has 1 N–H and O–H groups in total. The van der Waals surface area contributed by atoms with Gasteiger partial charge in [0, 0.05) is 10.7 Å². The van der Waals surface area contributed by atoms with Crippen molar-refractivity contribution < 1.29 is 18.8 Å². The van der Waals surface area contributed by atoms with Crippen molar-refractivity contribution in [3.8, 4) is 0 Å². The highest BCUT2D eigenvalue weighted by Crippen LogP contribution is 2.20. The zero-order chi connectivity index (χ0) is 17.0. The van der Waals surface area contributed by atoms with Gasteiger partial charge in [-0.15, -0.1) is 0 Å². The molecule has 23 heavy (non-hydrogen) atoms. The van der Waals surface area contributed by atoms with Gasteiger partial charge in [0.15, 0.2) is 6.61 Å². The molecule has 1 aromatic carbocycles. The van der Waals surface area contributed by atoms with Crippen LogP contribution in [-0.2, 0) is 16.0 Å². The van der Waals surface area contributed by atoms with E-state index in [-0.39, 0.29) is 5.56 Å². The number of benzene rings is 1. The second-order valence-electron chi connectivity index (χ2n) is 5.00. The molecule has 0 bridgehead atoms. The van der Waals surface area contributed by atoms with Crippen LogP contribution in [0.2, 0.25) is 5.02 Å². The summed E-state index contributed by atoms with van der Waals surface area (Å²) >= 11 is 5.99. The molecule has 0 aliphatic rings. The van der Waals surface area contributed by atoms with Gasteiger partial charge in [-0.3, -0.25) is 4.79 Å². The topological polar surface area (TPSA) is 81.4 Å². The van der Waals surface area contributed by atoms with Gasteiger partial charge in [0.25, 0.3) is 5.91 Å². The first-order chi connectivity index (χ1) is 10.9. The van der Waals surface area contributed by atoms with Crippen molar-refractivity contribution >= 4 is 29.2 Å². The van der Waals surface area contributed by atoms with Crippen molar-refractivity contribution in [2.45, 2.75) is 27.2 Å². The van der Waals surface area contributed by atoms with Crippen LogP contribution in [0.4, 0.5) is 5.69 Å². The number of nitrogens with one attached hydrogen (secondary N) is 1. The molecule has 0 radical (unpaired) electrons. The lowest BCUT2D eigenvalue weighted by molar-refractivity contribution is -0.119. The summed E-state index contributed by atoms with van der Waals surface area (Å²) < 4.78 is 9.98. The first kappa shape index (κ1) is 17.0. The molecule has 0 atom stereocenters. The van der Waals surface area contributed by atoms with Gasteiger partial charge in [0.05, 0.1) is 5.69 Å². The van der Waals surface area contributed by atoms with Crippen LogP contribution in [0.3, 0.4) is 0 Å². The Morgan fingerprint density at radius 2 is 2.09 bits per heavy atom. The average Bonchev–Trinajstić information content (AvgIpc) is 2.89. The van der Waals surface area contributed by atoms with Crippen molar-refractivity contribution in [2.24, 2.45) is 0 Å². The lowest BCUT2D eigenvalue weighted by Crippen LogP contribution is -2.21. The number of hydrogen-bond acceptors (Lipinski definition) is 5. The number of carbonyl (C=O) groups is 2. The molecule has 0 saturated heterocycles. The van der Waals surface area contributed by atoms with E-state index in [1.807, 2.05) is 13.8 Å². The molecule has 7 heteroatoms. The molecule has 2 rings (SSSR count). The number of hydrogen-bond donors (Lipinski definition) is 1. The Labute approximate surface area is 138 Å². The van der Waals surface area contributed by atoms with Crippen LogP contribution in [0.15, 0.2) is 22.7 Å². The Bertz CT molecular complexity index is 740. The molecule has 0 fully saturated rings. The smallest absolute Gasteiger partial charge is 0.344 e. The van der Waals surface area contributed by atoms with Crippen LogP contribution in [0.1, 0.15) is 34.3 Å². The maximum absolute atomic E-state index is 12.0. The summed E-state index contributed by atoms with van der Waals surface area (Å²) in [5, 5.41) is 6.94. The van der Waals surface area contributed by atoms with Gasteiger partial charge >= 0.3 is 5.97 Å². The zero-order valence-electron chi connectivity index (χ0n) is 13.1. The molecule has 0 aliphatic carbocycles. The number of aromatic nitrogens is 1. The van der Waals surface area contributed by atoms with Crippen LogP contribution in [0, 0.1) is 13.8 Å². The van der Waals surface area contributed by atoms with Gasteiger partial charge < -0.3 is 14.6 Å². The van der Waals surface area contributed by atoms with Crippen molar-refractivity contribution in [2.75, 3.05) is 11.9 Å².